The van der Waals surface area contributed by atoms with E-state index in [0.717, 1.165) is 0 Å². The number of aliphatic hydroxyl groups is 1. The van der Waals surface area contributed by atoms with Crippen LogP contribution in [-0.2, 0) is 19.4 Å². The van der Waals surface area contributed by atoms with E-state index in [9.17, 15) is 24.4 Å². The minimum absolute atomic E-state index is 0.0115. The van der Waals surface area contributed by atoms with Gasteiger partial charge in [0, 0.05) is 6.54 Å². The maximum atomic E-state index is 12.4. The van der Waals surface area contributed by atoms with E-state index in [2.05, 4.69) is 37.2 Å². The Hall–Kier alpha value is -1.87. The lowest BCUT2D eigenvalue weighted by Gasteiger charge is -2.19. The number of nitrogens with one attached hydrogen (secondary N) is 1. The molecule has 0 heterocycles. The first-order chi connectivity index (χ1) is 14.6. The highest BCUT2D eigenvalue weighted by atomic mass is 79.9. The van der Waals surface area contributed by atoms with Crippen LogP contribution < -0.4 is 10.1 Å². The molecular formula is C20H22Br2NO7P. The highest BCUT2D eigenvalue weighted by Crippen LogP contribution is 2.42. The fourth-order valence-corrected chi connectivity index (χ4v) is 4.15. The van der Waals surface area contributed by atoms with Crippen molar-refractivity contribution in [2.24, 2.45) is 0 Å². The van der Waals surface area contributed by atoms with Crippen LogP contribution >= 0.6 is 40.3 Å². The number of hydrogen-bond donors (Lipinski definition) is 3. The van der Waals surface area contributed by atoms with Crippen LogP contribution in [-0.4, -0.2) is 35.2 Å². The highest BCUT2D eigenvalue weighted by Gasteiger charge is 2.24. The van der Waals surface area contributed by atoms with E-state index >= 15 is 0 Å². The fourth-order valence-electron chi connectivity index (χ4n) is 2.50. The summed E-state index contributed by atoms with van der Waals surface area (Å²) in [5.74, 6) is -0.623. The number of aromatic hydroxyl groups is 1. The van der Waals surface area contributed by atoms with Gasteiger partial charge in [0.05, 0.1) is 36.0 Å². The maximum absolute atomic E-state index is 12.4. The number of amides is 1. The lowest BCUT2D eigenvalue weighted by molar-refractivity contribution is -0.142. The third-order valence-electron chi connectivity index (χ3n) is 4.16. The van der Waals surface area contributed by atoms with Crippen molar-refractivity contribution in [1.29, 1.82) is 0 Å². The monoisotopic (exact) mass is 577 g/mol. The van der Waals surface area contributed by atoms with E-state index in [4.69, 9.17) is 9.47 Å². The number of carbonyl (C=O) groups excluding carboxylic acids is 2. The number of hydrogen-bond acceptors (Lipinski definition) is 7. The second-order valence-electron chi connectivity index (χ2n) is 6.63. The van der Waals surface area contributed by atoms with Crippen LogP contribution in [0.2, 0.25) is 0 Å². The SMILES string of the molecule is CCOC(=O)CCNC(=O)c1cc(Oc2c(Br)cc(C(C)(O)[PH2]=O)cc2Br)ccc1O. The summed E-state index contributed by atoms with van der Waals surface area (Å²) in [5.41, 5.74) is 0.416. The summed E-state index contributed by atoms with van der Waals surface area (Å²) in [7, 11) is -1.47. The first kappa shape index (κ1) is 25.4. The second-order valence-corrected chi connectivity index (χ2v) is 9.69. The van der Waals surface area contributed by atoms with Gasteiger partial charge in [-0.05, 0) is 81.6 Å². The molecule has 0 fully saturated rings. The summed E-state index contributed by atoms with van der Waals surface area (Å²) >= 11 is 6.74. The average molecular weight is 579 g/mol. The van der Waals surface area contributed by atoms with Crippen molar-refractivity contribution < 1.29 is 33.8 Å². The van der Waals surface area contributed by atoms with Crippen LogP contribution in [0, 0.1) is 0 Å². The molecule has 0 saturated heterocycles. The summed E-state index contributed by atoms with van der Waals surface area (Å²) in [6.07, 6.45) is 0.0115. The number of benzene rings is 2. The minimum Gasteiger partial charge on any atom is -0.507 e. The van der Waals surface area contributed by atoms with Crippen molar-refractivity contribution in [3.8, 4) is 17.2 Å². The van der Waals surface area contributed by atoms with Gasteiger partial charge < -0.3 is 29.6 Å². The van der Waals surface area contributed by atoms with Crippen LogP contribution in [0.5, 0.6) is 17.2 Å². The molecule has 0 bridgehead atoms. The molecule has 0 aliphatic heterocycles. The van der Waals surface area contributed by atoms with Crippen molar-refractivity contribution in [2.75, 3.05) is 13.2 Å². The lowest BCUT2D eigenvalue weighted by atomic mass is 10.1. The van der Waals surface area contributed by atoms with E-state index in [0.29, 0.717) is 20.3 Å². The normalized spacial score (nSPS) is 13.1. The summed E-state index contributed by atoms with van der Waals surface area (Å²) in [5, 5.41) is 21.4. The van der Waals surface area contributed by atoms with E-state index in [-0.39, 0.29) is 36.6 Å². The Balaban J connectivity index is 2.19. The van der Waals surface area contributed by atoms with Gasteiger partial charge in [-0.1, -0.05) is 0 Å². The van der Waals surface area contributed by atoms with Crippen LogP contribution in [0.1, 0.15) is 36.2 Å². The number of halogens is 2. The Morgan fingerprint density at radius 1 is 1.19 bits per heavy atom. The Bertz CT molecular complexity index is 974. The Kier molecular flexibility index (Phi) is 9.12. The molecule has 0 saturated carbocycles. The van der Waals surface area contributed by atoms with Gasteiger partial charge in [-0.2, -0.15) is 0 Å². The third kappa shape index (κ3) is 6.80. The summed E-state index contributed by atoms with van der Waals surface area (Å²) < 4.78 is 22.9. The molecule has 0 radical (unpaired) electrons. The number of carbonyl (C=O) groups is 2. The fraction of sp³-hybridized carbons (Fsp3) is 0.300. The highest BCUT2D eigenvalue weighted by molar-refractivity contribution is 9.11. The standard InChI is InChI=1S/C20H22Br2NO7P/c1-3-29-17(25)6-7-23-19(26)13-10-12(4-5-16(13)24)30-18-14(21)8-11(9-15(18)22)20(2,27)31-28/h4-5,8-10,24,27H,3,6-7,31H2,1-2H3,(H,23,26). The first-order valence-corrected chi connectivity index (χ1v) is 11.9. The lowest BCUT2D eigenvalue weighted by Crippen LogP contribution is -2.26. The Morgan fingerprint density at radius 3 is 2.42 bits per heavy atom. The number of phenols is 1. The smallest absolute Gasteiger partial charge is 0.307 e. The molecule has 0 aliphatic carbocycles. The molecule has 2 unspecified atom stereocenters. The number of esters is 1. The zero-order valence-electron chi connectivity index (χ0n) is 16.8. The molecule has 8 nitrogen and oxygen atoms in total. The quantitative estimate of drug-likeness (QED) is 0.299. The van der Waals surface area contributed by atoms with Crippen molar-refractivity contribution in [1.82, 2.24) is 5.32 Å². The van der Waals surface area contributed by atoms with Crippen molar-refractivity contribution in [3.63, 3.8) is 0 Å². The largest absolute Gasteiger partial charge is 0.507 e. The van der Waals surface area contributed by atoms with Crippen molar-refractivity contribution in [3.05, 3.63) is 50.4 Å². The number of ether oxygens (including phenoxy) is 2. The topological polar surface area (TPSA) is 122 Å². The molecule has 0 spiro atoms. The predicted molar refractivity (Wildman–Crippen MR) is 124 cm³/mol. The van der Waals surface area contributed by atoms with E-state index in [1.54, 1.807) is 19.1 Å². The van der Waals surface area contributed by atoms with Crippen LogP contribution in [0.15, 0.2) is 39.3 Å². The van der Waals surface area contributed by atoms with Crippen molar-refractivity contribution in [2.45, 2.75) is 25.6 Å². The van der Waals surface area contributed by atoms with Crippen LogP contribution in [0.25, 0.3) is 0 Å². The molecule has 1 amide bonds. The molecule has 11 heteroatoms. The molecule has 2 aromatic carbocycles. The van der Waals surface area contributed by atoms with E-state index in [1.165, 1.54) is 25.1 Å². The van der Waals surface area contributed by atoms with E-state index in [1.807, 2.05) is 0 Å². The Morgan fingerprint density at radius 2 is 1.84 bits per heavy atom. The average Bonchev–Trinajstić information content (AvgIpc) is 2.71. The van der Waals surface area contributed by atoms with Gasteiger partial charge in [0.25, 0.3) is 5.91 Å². The second kappa shape index (κ2) is 11.1. The summed E-state index contributed by atoms with van der Waals surface area (Å²) in [4.78, 5) is 23.7. The molecule has 2 aromatic rings. The Labute approximate surface area is 197 Å². The minimum atomic E-state index is -1.47. The van der Waals surface area contributed by atoms with Crippen molar-refractivity contribution >= 4 is 52.2 Å². The number of phenolic OH excluding ortho intramolecular Hbond substituents is 1. The molecule has 0 aromatic heterocycles. The molecular weight excluding hydrogens is 557 g/mol. The molecule has 31 heavy (non-hydrogen) atoms. The van der Waals surface area contributed by atoms with Gasteiger partial charge in [-0.15, -0.1) is 0 Å². The third-order valence-corrected chi connectivity index (χ3v) is 6.14. The van der Waals surface area contributed by atoms with Crippen LogP contribution in [0.3, 0.4) is 0 Å². The van der Waals surface area contributed by atoms with Gasteiger partial charge in [0.1, 0.15) is 16.8 Å². The maximum Gasteiger partial charge on any atom is 0.307 e. The molecule has 2 atom stereocenters. The number of rotatable bonds is 9. The van der Waals surface area contributed by atoms with Gasteiger partial charge >= 0.3 is 5.97 Å². The van der Waals surface area contributed by atoms with Gasteiger partial charge in [-0.25, -0.2) is 0 Å². The van der Waals surface area contributed by atoms with E-state index < -0.39 is 25.7 Å². The summed E-state index contributed by atoms with van der Waals surface area (Å²) in [6.45, 7) is 3.46. The predicted octanol–water partition coefficient (Wildman–Crippen LogP) is 4.31. The molecule has 3 N–H and O–H groups in total. The zero-order chi connectivity index (χ0) is 23.2. The molecule has 2 rings (SSSR count). The summed E-state index contributed by atoms with van der Waals surface area (Å²) in [6, 6.07) is 7.34. The first-order valence-electron chi connectivity index (χ1n) is 9.22. The van der Waals surface area contributed by atoms with Gasteiger partial charge in [0.2, 0.25) is 0 Å². The van der Waals surface area contributed by atoms with Gasteiger partial charge in [0.15, 0.2) is 5.75 Å². The van der Waals surface area contributed by atoms with Gasteiger partial charge in [-0.3, -0.25) is 9.59 Å². The van der Waals surface area contributed by atoms with Crippen LogP contribution in [0.4, 0.5) is 0 Å². The molecule has 0 aliphatic rings. The molecule has 168 valence electrons. The zero-order valence-corrected chi connectivity index (χ0v) is 21.1.